The van der Waals surface area contributed by atoms with Gasteiger partial charge in [-0.25, -0.2) is 0 Å². The van der Waals surface area contributed by atoms with E-state index in [-0.39, 0.29) is 45.8 Å². The number of aromatic hydroxyl groups is 1. The Morgan fingerprint density at radius 1 is 1.13 bits per heavy atom. The fourth-order valence-corrected chi connectivity index (χ4v) is 3.03. The monoisotopic (exact) mass is 415 g/mol. The van der Waals surface area contributed by atoms with Gasteiger partial charge in [-0.2, -0.15) is 0 Å². The zero-order valence-electron chi connectivity index (χ0n) is 17.2. The molecule has 0 aliphatic rings. The minimum Gasteiger partial charge on any atom is -0.505 e. The van der Waals surface area contributed by atoms with E-state index in [9.17, 15) is 19.5 Å². The van der Waals surface area contributed by atoms with Gasteiger partial charge in [-0.05, 0) is 37.6 Å². The van der Waals surface area contributed by atoms with Gasteiger partial charge < -0.3 is 30.5 Å². The van der Waals surface area contributed by atoms with Crippen LogP contribution >= 0.6 is 0 Å². The molecule has 30 heavy (non-hydrogen) atoms. The summed E-state index contributed by atoms with van der Waals surface area (Å²) in [4.78, 5) is 37.8. The highest BCUT2D eigenvalue weighted by Crippen LogP contribution is 2.33. The van der Waals surface area contributed by atoms with Crippen LogP contribution in [0.4, 0.5) is 17.1 Å². The van der Waals surface area contributed by atoms with Crippen LogP contribution in [0.25, 0.3) is 0 Å². The number of carbonyl (C=O) groups is 1. The standard InChI is InChI=1S/C21H23N3O5.H2O/c1-5-13(15-10-9-11(2)29-15)22-16-17(20(27)19(16)26)23-14-8-6-7-12(18(14)25)21(28)24(3)4;/h6-10,13,22-23,25H,5H2,1-4H3;1H2/t13-;/m1./s1. The molecule has 0 saturated carbocycles. The number of anilines is 3. The summed E-state index contributed by atoms with van der Waals surface area (Å²) in [6.45, 7) is 3.75. The summed E-state index contributed by atoms with van der Waals surface area (Å²) in [7, 11) is 3.14. The molecule has 3 rings (SSSR count). The summed E-state index contributed by atoms with van der Waals surface area (Å²) in [6, 6.07) is 7.94. The fourth-order valence-electron chi connectivity index (χ4n) is 3.03. The molecule has 0 bridgehead atoms. The fraction of sp³-hybridized carbons (Fsp3) is 0.286. The van der Waals surface area contributed by atoms with Crippen LogP contribution in [0.15, 0.2) is 44.3 Å². The van der Waals surface area contributed by atoms with E-state index in [1.807, 2.05) is 26.0 Å². The largest absolute Gasteiger partial charge is 0.505 e. The molecule has 3 aromatic rings. The molecule has 0 saturated heterocycles. The van der Waals surface area contributed by atoms with Gasteiger partial charge in [0.15, 0.2) is 5.75 Å². The maximum absolute atomic E-state index is 12.2. The second-order valence-electron chi connectivity index (χ2n) is 6.99. The van der Waals surface area contributed by atoms with Crippen LogP contribution in [0.1, 0.15) is 41.3 Å². The topological polar surface area (TPSA) is 143 Å². The average molecular weight is 415 g/mol. The lowest BCUT2D eigenvalue weighted by Gasteiger charge is -2.21. The van der Waals surface area contributed by atoms with Crippen LogP contribution in [0.2, 0.25) is 0 Å². The Balaban J connectivity index is 0.00000320. The van der Waals surface area contributed by atoms with Crippen molar-refractivity contribution >= 4 is 23.0 Å². The van der Waals surface area contributed by atoms with Gasteiger partial charge in [-0.15, -0.1) is 0 Å². The molecule has 5 N–H and O–H groups in total. The minimum atomic E-state index is -0.693. The Labute approximate surface area is 172 Å². The van der Waals surface area contributed by atoms with Gasteiger partial charge in [0.1, 0.15) is 22.9 Å². The number of para-hydroxylation sites is 1. The quantitative estimate of drug-likeness (QED) is 0.396. The lowest BCUT2D eigenvalue weighted by molar-refractivity contribution is 0.0824. The van der Waals surface area contributed by atoms with Gasteiger partial charge in [-0.1, -0.05) is 13.0 Å². The number of nitrogens with zero attached hydrogens (tertiary/aromatic N) is 1. The van der Waals surface area contributed by atoms with Crippen molar-refractivity contribution < 1.29 is 19.8 Å². The van der Waals surface area contributed by atoms with E-state index < -0.39 is 10.9 Å². The third-order valence-electron chi connectivity index (χ3n) is 4.67. The molecule has 1 heterocycles. The Bertz CT molecular complexity index is 1120. The maximum Gasteiger partial charge on any atom is 0.257 e. The summed E-state index contributed by atoms with van der Waals surface area (Å²) in [6.07, 6.45) is 0.628. The van der Waals surface area contributed by atoms with Crippen LogP contribution in [0.3, 0.4) is 0 Å². The summed E-state index contributed by atoms with van der Waals surface area (Å²) in [5.41, 5.74) is -0.919. The van der Waals surface area contributed by atoms with Crippen LogP contribution < -0.4 is 21.5 Å². The van der Waals surface area contributed by atoms with Crippen molar-refractivity contribution in [2.24, 2.45) is 0 Å². The van der Waals surface area contributed by atoms with Gasteiger partial charge in [0.2, 0.25) is 0 Å². The molecule has 9 nitrogen and oxygen atoms in total. The second-order valence-corrected chi connectivity index (χ2v) is 6.99. The highest BCUT2D eigenvalue weighted by Gasteiger charge is 2.26. The minimum absolute atomic E-state index is 0. The normalized spacial score (nSPS) is 11.6. The van der Waals surface area contributed by atoms with Crippen molar-refractivity contribution in [2.75, 3.05) is 24.7 Å². The van der Waals surface area contributed by atoms with Crippen molar-refractivity contribution in [2.45, 2.75) is 26.3 Å². The van der Waals surface area contributed by atoms with E-state index in [0.717, 1.165) is 5.76 Å². The molecule has 0 spiro atoms. The molecule has 1 amide bonds. The number of aryl methyl sites for hydroxylation is 1. The lowest BCUT2D eigenvalue weighted by Crippen LogP contribution is -2.37. The number of phenols is 1. The number of phenolic OH excluding ortho intramolecular Hbond substituents is 1. The van der Waals surface area contributed by atoms with E-state index in [0.29, 0.717) is 12.2 Å². The molecular weight excluding hydrogens is 390 g/mol. The summed E-state index contributed by atoms with van der Waals surface area (Å²) in [5.74, 6) is 0.730. The number of hydrogen-bond acceptors (Lipinski definition) is 7. The van der Waals surface area contributed by atoms with Gasteiger partial charge in [0.05, 0.1) is 17.3 Å². The molecule has 0 fully saturated rings. The molecule has 2 aromatic carbocycles. The number of carbonyl (C=O) groups excluding carboxylic acids is 1. The second kappa shape index (κ2) is 8.83. The third kappa shape index (κ3) is 4.06. The van der Waals surface area contributed by atoms with Crippen molar-refractivity contribution in [3.63, 3.8) is 0 Å². The zero-order valence-corrected chi connectivity index (χ0v) is 17.2. The number of amides is 1. The molecule has 0 radical (unpaired) electrons. The van der Waals surface area contributed by atoms with Gasteiger partial charge in [0.25, 0.3) is 16.8 Å². The molecule has 0 unspecified atom stereocenters. The number of hydrogen-bond donors (Lipinski definition) is 3. The Morgan fingerprint density at radius 2 is 1.80 bits per heavy atom. The summed E-state index contributed by atoms with van der Waals surface area (Å²) in [5, 5.41) is 16.3. The van der Waals surface area contributed by atoms with Crippen molar-refractivity contribution in [3.05, 3.63) is 67.9 Å². The highest BCUT2D eigenvalue weighted by molar-refractivity contribution is 5.99. The van der Waals surface area contributed by atoms with E-state index in [2.05, 4.69) is 10.6 Å². The first-order valence-electron chi connectivity index (χ1n) is 9.21. The zero-order chi connectivity index (χ0) is 21.3. The summed E-state index contributed by atoms with van der Waals surface area (Å²) < 4.78 is 5.62. The third-order valence-corrected chi connectivity index (χ3v) is 4.67. The molecule has 160 valence electrons. The summed E-state index contributed by atoms with van der Waals surface area (Å²) >= 11 is 0. The Hall–Kier alpha value is -3.59. The lowest BCUT2D eigenvalue weighted by atomic mass is 10.1. The van der Waals surface area contributed by atoms with E-state index in [4.69, 9.17) is 4.42 Å². The first kappa shape index (κ1) is 22.7. The average Bonchev–Trinajstić information content (AvgIpc) is 3.13. The van der Waals surface area contributed by atoms with Crippen molar-refractivity contribution in [3.8, 4) is 5.75 Å². The number of nitrogens with one attached hydrogen (secondary N) is 2. The van der Waals surface area contributed by atoms with Gasteiger partial charge in [0, 0.05) is 14.1 Å². The number of benzene rings is 1. The molecular formula is C21H25N3O6. The Kier molecular flexibility index (Phi) is 6.68. The highest BCUT2D eigenvalue weighted by atomic mass is 16.3. The van der Waals surface area contributed by atoms with Crippen molar-refractivity contribution in [1.82, 2.24) is 4.90 Å². The molecule has 1 aromatic heterocycles. The number of furan rings is 1. The Morgan fingerprint density at radius 3 is 2.37 bits per heavy atom. The smallest absolute Gasteiger partial charge is 0.257 e. The molecule has 9 heteroatoms. The van der Waals surface area contributed by atoms with Gasteiger partial charge in [-0.3, -0.25) is 14.4 Å². The SMILES string of the molecule is CC[C@@H](Nc1c(Nc2cccc(C(=O)N(C)C)c2O)c(=O)c1=O)c1ccc(C)o1.O. The van der Waals surface area contributed by atoms with Gasteiger partial charge >= 0.3 is 0 Å². The number of rotatable bonds is 7. The van der Waals surface area contributed by atoms with Crippen LogP contribution in [0, 0.1) is 6.92 Å². The molecule has 1 atom stereocenters. The van der Waals surface area contributed by atoms with Crippen molar-refractivity contribution in [1.29, 1.82) is 0 Å². The predicted octanol–water partition coefficient (Wildman–Crippen LogP) is 2.07. The maximum atomic E-state index is 12.2. The van der Waals surface area contributed by atoms with E-state index in [1.54, 1.807) is 20.2 Å². The predicted molar refractivity (Wildman–Crippen MR) is 114 cm³/mol. The first-order chi connectivity index (χ1) is 13.7. The molecule has 0 aliphatic heterocycles. The van der Waals surface area contributed by atoms with Crippen LogP contribution in [-0.4, -0.2) is 35.5 Å². The van der Waals surface area contributed by atoms with Crippen LogP contribution in [0.5, 0.6) is 5.75 Å². The van der Waals surface area contributed by atoms with Crippen LogP contribution in [-0.2, 0) is 0 Å². The van der Waals surface area contributed by atoms with E-state index in [1.165, 1.54) is 17.0 Å². The molecule has 0 aliphatic carbocycles. The first-order valence-corrected chi connectivity index (χ1v) is 9.21. The van der Waals surface area contributed by atoms with E-state index >= 15 is 0 Å².